The number of ketones is 1. The summed E-state index contributed by atoms with van der Waals surface area (Å²) in [6, 6.07) is 2.82. The lowest BCUT2D eigenvalue weighted by Crippen LogP contribution is -2.40. The topological polar surface area (TPSA) is 94.7 Å². The highest BCUT2D eigenvalue weighted by Gasteiger charge is 2.31. The van der Waals surface area contributed by atoms with Gasteiger partial charge in [-0.1, -0.05) is 6.92 Å². The van der Waals surface area contributed by atoms with E-state index in [9.17, 15) is 9.90 Å². The molecular weight excluding hydrogens is 236 g/mol. The first-order valence-electron chi connectivity index (χ1n) is 5.78. The third kappa shape index (κ3) is 2.60. The monoisotopic (exact) mass is 252 g/mol. The number of nitrogen functional groups attached to an aromatic ring is 1. The van der Waals surface area contributed by atoms with Gasteiger partial charge in [0.1, 0.15) is 5.69 Å². The molecule has 1 aromatic heterocycles. The predicted molar refractivity (Wildman–Crippen MR) is 63.8 cm³/mol. The van der Waals surface area contributed by atoms with Gasteiger partial charge in [-0.2, -0.15) is 0 Å². The molecule has 0 aromatic carbocycles. The maximum Gasteiger partial charge on any atom is 0.184 e. The van der Waals surface area contributed by atoms with E-state index in [1.165, 1.54) is 12.1 Å². The molecule has 1 aliphatic heterocycles. The largest absolute Gasteiger partial charge is 0.504 e. The number of ether oxygens (including phenoxy) is 2. The fourth-order valence-corrected chi connectivity index (χ4v) is 1.80. The lowest BCUT2D eigenvalue weighted by atomic mass is 9.99. The van der Waals surface area contributed by atoms with Gasteiger partial charge in [-0.3, -0.25) is 4.79 Å². The van der Waals surface area contributed by atoms with Gasteiger partial charge >= 0.3 is 0 Å². The summed E-state index contributed by atoms with van der Waals surface area (Å²) in [5.41, 5.74) is 5.69. The van der Waals surface area contributed by atoms with Crippen molar-refractivity contribution in [1.82, 2.24) is 4.98 Å². The van der Waals surface area contributed by atoms with E-state index in [2.05, 4.69) is 4.98 Å². The summed E-state index contributed by atoms with van der Waals surface area (Å²) in [4.78, 5) is 15.9. The zero-order valence-electron chi connectivity index (χ0n) is 10.3. The lowest BCUT2D eigenvalue weighted by molar-refractivity contribution is -0.378. The summed E-state index contributed by atoms with van der Waals surface area (Å²) in [5, 5.41) is 9.25. The van der Waals surface area contributed by atoms with Crippen LogP contribution in [0.2, 0.25) is 0 Å². The number of aromatic hydroxyl groups is 1. The number of nitrogens with zero attached hydrogens (tertiary/aromatic N) is 1. The highest BCUT2D eigenvalue weighted by atomic mass is 16.9. The van der Waals surface area contributed by atoms with Crippen molar-refractivity contribution in [2.75, 3.05) is 5.73 Å². The van der Waals surface area contributed by atoms with E-state index >= 15 is 0 Å². The van der Waals surface area contributed by atoms with Crippen LogP contribution in [0.15, 0.2) is 12.1 Å². The molecule has 18 heavy (non-hydrogen) atoms. The van der Waals surface area contributed by atoms with Crippen LogP contribution in [0.25, 0.3) is 0 Å². The molecular formula is C12H16N2O4. The molecule has 0 aliphatic carbocycles. The average Bonchev–Trinajstić information content (AvgIpc) is 2.29. The first-order valence-corrected chi connectivity index (χ1v) is 5.78. The Morgan fingerprint density at radius 2 is 2.22 bits per heavy atom. The van der Waals surface area contributed by atoms with E-state index in [1.54, 1.807) is 13.8 Å². The third-order valence-corrected chi connectivity index (χ3v) is 2.84. The van der Waals surface area contributed by atoms with Crippen molar-refractivity contribution in [3.8, 4) is 5.75 Å². The number of anilines is 1. The van der Waals surface area contributed by atoms with Crippen LogP contribution in [0.4, 0.5) is 5.82 Å². The number of rotatable bonds is 4. The van der Waals surface area contributed by atoms with Crippen LogP contribution in [0.5, 0.6) is 5.75 Å². The molecule has 1 aliphatic rings. The number of carbonyl (C=O) groups is 1. The second-order valence-electron chi connectivity index (χ2n) is 4.37. The second kappa shape index (κ2) is 4.91. The summed E-state index contributed by atoms with van der Waals surface area (Å²) >= 11 is 0. The Morgan fingerprint density at radius 3 is 2.78 bits per heavy atom. The minimum Gasteiger partial charge on any atom is -0.504 e. The molecule has 1 unspecified atom stereocenters. The van der Waals surface area contributed by atoms with Gasteiger partial charge in [-0.15, -0.1) is 0 Å². The molecule has 0 spiro atoms. The molecule has 0 amide bonds. The summed E-state index contributed by atoms with van der Waals surface area (Å²) in [7, 11) is 0. The Bertz CT molecular complexity index is 457. The van der Waals surface area contributed by atoms with Crippen molar-refractivity contribution in [2.45, 2.75) is 32.8 Å². The minimum absolute atomic E-state index is 0.0437. The molecule has 2 heterocycles. The number of carbonyl (C=O) groups excluding carboxylic acids is 1. The predicted octanol–water partition coefficient (Wildman–Crippen LogP) is 1.30. The molecule has 1 aromatic rings. The van der Waals surface area contributed by atoms with E-state index in [-0.39, 0.29) is 41.5 Å². The van der Waals surface area contributed by atoms with Crippen LogP contribution < -0.4 is 5.73 Å². The van der Waals surface area contributed by atoms with Gasteiger partial charge in [-0.25, -0.2) is 4.98 Å². The number of aromatic nitrogens is 1. The van der Waals surface area contributed by atoms with E-state index < -0.39 is 0 Å². The number of pyridine rings is 1. The Balaban J connectivity index is 1.99. The summed E-state index contributed by atoms with van der Waals surface area (Å²) < 4.78 is 10.6. The first-order chi connectivity index (χ1) is 8.47. The third-order valence-electron chi connectivity index (χ3n) is 2.84. The molecule has 0 bridgehead atoms. The number of Topliss-reactive ketones (excluding diaryl/α,β-unsaturated/α-hetero) is 1. The van der Waals surface area contributed by atoms with Crippen LogP contribution in [-0.2, 0) is 9.47 Å². The van der Waals surface area contributed by atoms with Crippen molar-refractivity contribution in [3.63, 3.8) is 0 Å². The Morgan fingerprint density at radius 1 is 1.56 bits per heavy atom. The Labute approximate surface area is 105 Å². The first kappa shape index (κ1) is 12.8. The van der Waals surface area contributed by atoms with Crippen LogP contribution in [-0.4, -0.2) is 28.5 Å². The zero-order chi connectivity index (χ0) is 13.3. The second-order valence-corrected chi connectivity index (χ2v) is 4.37. The molecule has 0 radical (unpaired) electrons. The van der Waals surface area contributed by atoms with Crippen LogP contribution in [0, 0.1) is 5.92 Å². The molecule has 1 atom stereocenters. The summed E-state index contributed by atoms with van der Waals surface area (Å²) in [6.07, 6.45) is -0.0424. The molecule has 6 heteroatoms. The summed E-state index contributed by atoms with van der Waals surface area (Å²) in [6.45, 7) is 3.58. The normalized spacial score (nSPS) is 24.3. The van der Waals surface area contributed by atoms with Gasteiger partial charge in [0.2, 0.25) is 0 Å². The van der Waals surface area contributed by atoms with Crippen LogP contribution in [0.1, 0.15) is 30.8 Å². The minimum atomic E-state index is -0.326. The quantitative estimate of drug-likeness (QED) is 0.784. The number of hydrogen-bond donors (Lipinski definition) is 2. The zero-order valence-corrected chi connectivity index (χ0v) is 10.3. The lowest BCUT2D eigenvalue weighted by Gasteiger charge is -2.34. The maximum absolute atomic E-state index is 12.1. The molecule has 2 rings (SSSR count). The van der Waals surface area contributed by atoms with Gasteiger partial charge in [0.15, 0.2) is 29.9 Å². The van der Waals surface area contributed by atoms with E-state index in [4.69, 9.17) is 15.2 Å². The van der Waals surface area contributed by atoms with Crippen molar-refractivity contribution in [1.29, 1.82) is 0 Å². The molecule has 6 nitrogen and oxygen atoms in total. The fourth-order valence-electron chi connectivity index (χ4n) is 1.80. The van der Waals surface area contributed by atoms with Gasteiger partial charge < -0.3 is 20.3 Å². The maximum atomic E-state index is 12.1. The summed E-state index contributed by atoms with van der Waals surface area (Å²) in [5.74, 6) is -0.594. The SMILES string of the molecule is CC1OC(CC(C)C(=O)c2ccc(O)c(N)n2)O1. The van der Waals surface area contributed by atoms with Crippen LogP contribution >= 0.6 is 0 Å². The van der Waals surface area contributed by atoms with Crippen molar-refractivity contribution < 1.29 is 19.4 Å². The van der Waals surface area contributed by atoms with E-state index in [1.807, 2.05) is 0 Å². The molecule has 3 N–H and O–H groups in total. The van der Waals surface area contributed by atoms with Gasteiger partial charge in [0, 0.05) is 12.3 Å². The number of nitrogens with two attached hydrogens (primary N) is 1. The molecule has 0 saturated carbocycles. The van der Waals surface area contributed by atoms with Gasteiger partial charge in [0.05, 0.1) is 0 Å². The Kier molecular flexibility index (Phi) is 3.49. The van der Waals surface area contributed by atoms with Crippen molar-refractivity contribution >= 4 is 11.6 Å². The highest BCUT2D eigenvalue weighted by Crippen LogP contribution is 2.25. The Hall–Kier alpha value is -1.66. The molecule has 1 fully saturated rings. The van der Waals surface area contributed by atoms with Gasteiger partial charge in [0.25, 0.3) is 0 Å². The molecule has 98 valence electrons. The smallest absolute Gasteiger partial charge is 0.184 e. The standard InChI is InChI=1S/C12H16N2O4/c1-6(5-10-17-7(2)18-10)11(16)8-3-4-9(15)12(13)14-8/h3-4,6-7,10,15H,5H2,1-2H3,(H2,13,14). The number of hydrogen-bond acceptors (Lipinski definition) is 6. The van der Waals surface area contributed by atoms with E-state index in [0.29, 0.717) is 6.42 Å². The van der Waals surface area contributed by atoms with Crippen LogP contribution in [0.3, 0.4) is 0 Å². The highest BCUT2D eigenvalue weighted by molar-refractivity contribution is 5.96. The van der Waals surface area contributed by atoms with E-state index in [0.717, 1.165) is 0 Å². The van der Waals surface area contributed by atoms with Gasteiger partial charge in [-0.05, 0) is 19.1 Å². The average molecular weight is 252 g/mol. The fraction of sp³-hybridized carbons (Fsp3) is 0.500. The van der Waals surface area contributed by atoms with Crippen molar-refractivity contribution in [2.24, 2.45) is 5.92 Å². The molecule has 1 saturated heterocycles. The van der Waals surface area contributed by atoms with Crippen molar-refractivity contribution in [3.05, 3.63) is 17.8 Å².